The number of fused-ring (bicyclic) bond motifs is 1. The van der Waals surface area contributed by atoms with Crippen LogP contribution < -0.4 is 20.1 Å². The molecule has 2 N–H and O–H groups in total. The molecule has 2 aliphatic rings. The third-order valence-corrected chi connectivity index (χ3v) is 6.77. The molecule has 1 aromatic heterocycles. The van der Waals surface area contributed by atoms with Gasteiger partial charge in [-0.3, -0.25) is 14.9 Å². The monoisotopic (exact) mass is 488 g/mol. The number of ether oxygens (including phenoxy) is 2. The predicted octanol–water partition coefficient (Wildman–Crippen LogP) is 2.92. The fourth-order valence-electron chi connectivity index (χ4n) is 4.69. The zero-order chi connectivity index (χ0) is 24.9. The normalized spacial score (nSPS) is 16.2. The summed E-state index contributed by atoms with van der Waals surface area (Å²) in [5, 5.41) is 17.8. The molecule has 2 aromatic carbocycles. The Hall–Kier alpha value is -3.66. The molecule has 1 atom stereocenters. The van der Waals surface area contributed by atoms with Crippen LogP contribution in [0.2, 0.25) is 0 Å². The maximum atomic E-state index is 9.90. The Morgan fingerprint density at radius 2 is 1.83 bits per heavy atom. The van der Waals surface area contributed by atoms with Crippen molar-refractivity contribution in [1.82, 2.24) is 20.4 Å². The van der Waals surface area contributed by atoms with E-state index < -0.39 is 0 Å². The van der Waals surface area contributed by atoms with E-state index in [1.54, 1.807) is 43.1 Å². The lowest BCUT2D eigenvalue weighted by atomic mass is 9.98. The number of aliphatic hydroxyl groups excluding tert-OH is 1. The number of rotatable bonds is 9. The summed E-state index contributed by atoms with van der Waals surface area (Å²) < 4.78 is 10.9. The van der Waals surface area contributed by atoms with E-state index in [-0.39, 0.29) is 12.6 Å². The highest BCUT2D eigenvalue weighted by Gasteiger charge is 2.24. The lowest BCUT2D eigenvalue weighted by Gasteiger charge is -2.29. The van der Waals surface area contributed by atoms with Crippen LogP contribution in [0.3, 0.4) is 0 Å². The summed E-state index contributed by atoms with van der Waals surface area (Å²) in [5.74, 6) is 1.59. The van der Waals surface area contributed by atoms with Gasteiger partial charge in [0.1, 0.15) is 6.34 Å². The van der Waals surface area contributed by atoms with Gasteiger partial charge in [-0.15, -0.1) is 10.6 Å². The number of hydrazine groups is 2. The molecule has 1 unspecified atom stereocenters. The van der Waals surface area contributed by atoms with E-state index in [1.807, 2.05) is 12.1 Å². The molecule has 5 rings (SSSR count). The molecule has 0 amide bonds. The van der Waals surface area contributed by atoms with Gasteiger partial charge in [0.2, 0.25) is 0 Å². The molecule has 0 aliphatic carbocycles. The van der Waals surface area contributed by atoms with Crippen LogP contribution in [0.5, 0.6) is 11.5 Å². The summed E-state index contributed by atoms with van der Waals surface area (Å²) in [6.45, 7) is 2.88. The Morgan fingerprint density at radius 1 is 1.06 bits per heavy atom. The zero-order valence-electron chi connectivity index (χ0n) is 20.7. The van der Waals surface area contributed by atoms with Gasteiger partial charge in [-0.2, -0.15) is 5.12 Å². The summed E-state index contributed by atoms with van der Waals surface area (Å²) in [6.07, 6.45) is 7.13. The Bertz CT molecular complexity index is 1190. The van der Waals surface area contributed by atoms with Crippen molar-refractivity contribution in [3.8, 4) is 11.5 Å². The fraction of sp³-hybridized carbons (Fsp3) is 0.333. The summed E-state index contributed by atoms with van der Waals surface area (Å²) >= 11 is 0. The van der Waals surface area contributed by atoms with Crippen LogP contribution in [0.25, 0.3) is 0 Å². The van der Waals surface area contributed by atoms with Gasteiger partial charge in [0.25, 0.3) is 0 Å². The number of hydrogen-bond donors (Lipinski definition) is 2. The second-order valence-corrected chi connectivity index (χ2v) is 8.95. The Morgan fingerprint density at radius 3 is 2.53 bits per heavy atom. The number of anilines is 1. The van der Waals surface area contributed by atoms with Crippen molar-refractivity contribution < 1.29 is 14.6 Å². The molecule has 0 saturated heterocycles. The predicted molar refractivity (Wildman–Crippen MR) is 139 cm³/mol. The van der Waals surface area contributed by atoms with E-state index in [0.29, 0.717) is 0 Å². The van der Waals surface area contributed by atoms with Crippen molar-refractivity contribution in [2.24, 2.45) is 5.10 Å². The highest BCUT2D eigenvalue weighted by atomic mass is 16.5. The van der Waals surface area contributed by atoms with Crippen LogP contribution in [-0.2, 0) is 19.4 Å². The van der Waals surface area contributed by atoms with Crippen molar-refractivity contribution in [3.05, 3.63) is 83.2 Å². The van der Waals surface area contributed by atoms with Gasteiger partial charge in [-0.1, -0.05) is 18.2 Å². The lowest BCUT2D eigenvalue weighted by molar-refractivity contribution is 0.154. The molecular weight excluding hydrogens is 456 g/mol. The number of hydrazone groups is 1. The molecule has 0 saturated carbocycles. The standard InChI is InChI=1S/C27H32N6O3/c1-35-26-14-21-10-13-31(17-23(21)15-27(26)36-2)12-9-20-5-7-24(8-6-20)33-29-19-32(30-33)25(18-34)22-4-3-11-28-16-22/h3-8,11,14-16,19,25,30,34H,9-10,12-13,17-18H2,1-2H3. The second kappa shape index (κ2) is 10.9. The molecule has 9 heteroatoms. The van der Waals surface area contributed by atoms with E-state index >= 15 is 0 Å². The van der Waals surface area contributed by atoms with Crippen LogP contribution in [-0.4, -0.2) is 60.3 Å². The first-order valence-corrected chi connectivity index (χ1v) is 12.1. The summed E-state index contributed by atoms with van der Waals surface area (Å²) in [7, 11) is 3.36. The molecule has 0 radical (unpaired) electrons. The Labute approximate surface area is 211 Å². The Kier molecular flexibility index (Phi) is 7.31. The van der Waals surface area contributed by atoms with E-state index in [4.69, 9.17) is 9.47 Å². The van der Waals surface area contributed by atoms with Crippen LogP contribution in [0.4, 0.5) is 5.69 Å². The van der Waals surface area contributed by atoms with Crippen molar-refractivity contribution in [2.75, 3.05) is 39.0 Å². The van der Waals surface area contributed by atoms with Crippen LogP contribution >= 0.6 is 0 Å². The molecule has 0 fully saturated rings. The van der Waals surface area contributed by atoms with Gasteiger partial charge in [-0.05, 0) is 65.4 Å². The summed E-state index contributed by atoms with van der Waals surface area (Å²) in [4.78, 5) is 6.64. The smallest absolute Gasteiger partial charge is 0.161 e. The molecule has 9 nitrogen and oxygen atoms in total. The third kappa shape index (κ3) is 5.13. The molecule has 36 heavy (non-hydrogen) atoms. The lowest BCUT2D eigenvalue weighted by Crippen LogP contribution is -2.43. The van der Waals surface area contributed by atoms with Crippen molar-refractivity contribution in [3.63, 3.8) is 0 Å². The van der Waals surface area contributed by atoms with Gasteiger partial charge >= 0.3 is 0 Å². The van der Waals surface area contributed by atoms with Gasteiger partial charge in [-0.25, -0.2) is 0 Å². The number of benzene rings is 2. The van der Waals surface area contributed by atoms with Gasteiger partial charge < -0.3 is 14.6 Å². The first-order chi connectivity index (χ1) is 17.7. The van der Waals surface area contributed by atoms with Gasteiger partial charge in [0.05, 0.1) is 32.6 Å². The largest absolute Gasteiger partial charge is 0.493 e. The van der Waals surface area contributed by atoms with E-state index in [2.05, 4.69) is 56.9 Å². The number of nitrogens with one attached hydrogen (secondary N) is 1. The van der Waals surface area contributed by atoms with E-state index in [9.17, 15) is 5.11 Å². The first kappa shape index (κ1) is 24.1. The quantitative estimate of drug-likeness (QED) is 0.476. The number of methoxy groups -OCH3 is 2. The van der Waals surface area contributed by atoms with Crippen LogP contribution in [0.15, 0.2) is 66.0 Å². The number of pyridine rings is 1. The maximum Gasteiger partial charge on any atom is 0.161 e. The molecule has 3 aromatic rings. The van der Waals surface area contributed by atoms with E-state index in [1.165, 1.54) is 16.7 Å². The topological polar surface area (TPSA) is 85.7 Å². The van der Waals surface area contributed by atoms with Crippen LogP contribution in [0, 0.1) is 0 Å². The Balaban J connectivity index is 1.16. The number of aromatic nitrogens is 1. The molecule has 2 aliphatic heterocycles. The molecule has 0 bridgehead atoms. The average molecular weight is 489 g/mol. The number of hydrogen-bond acceptors (Lipinski definition) is 9. The van der Waals surface area contributed by atoms with Crippen molar-refractivity contribution in [2.45, 2.75) is 25.4 Å². The van der Waals surface area contributed by atoms with Crippen LogP contribution in [0.1, 0.15) is 28.3 Å². The summed E-state index contributed by atoms with van der Waals surface area (Å²) in [5.41, 5.74) is 8.98. The number of nitrogens with zero attached hydrogens (tertiary/aromatic N) is 5. The van der Waals surface area contributed by atoms with E-state index in [0.717, 1.165) is 55.2 Å². The highest BCUT2D eigenvalue weighted by molar-refractivity contribution is 5.62. The summed E-state index contributed by atoms with van der Waals surface area (Å²) in [6, 6.07) is 16.2. The molecule has 0 spiro atoms. The third-order valence-electron chi connectivity index (χ3n) is 6.77. The maximum absolute atomic E-state index is 9.90. The second-order valence-electron chi connectivity index (χ2n) is 8.95. The minimum absolute atomic E-state index is 0.0568. The SMILES string of the molecule is COc1cc2c(cc1OC)CN(CCc1ccc(N3N=CN(C(CO)c4cccnc4)N3)cc1)CC2. The molecule has 3 heterocycles. The van der Waals surface area contributed by atoms with Crippen molar-refractivity contribution in [1.29, 1.82) is 0 Å². The molecular formula is C27H32N6O3. The van der Waals surface area contributed by atoms with Crippen molar-refractivity contribution >= 4 is 12.0 Å². The first-order valence-electron chi connectivity index (χ1n) is 12.1. The van der Waals surface area contributed by atoms with Gasteiger partial charge in [0, 0.05) is 32.0 Å². The fourth-order valence-corrected chi connectivity index (χ4v) is 4.69. The molecule has 188 valence electrons. The minimum Gasteiger partial charge on any atom is -0.493 e. The average Bonchev–Trinajstić information content (AvgIpc) is 3.42. The zero-order valence-corrected chi connectivity index (χ0v) is 20.7. The number of aliphatic hydroxyl groups is 1. The minimum atomic E-state index is -0.276. The highest BCUT2D eigenvalue weighted by Crippen LogP contribution is 2.33. The van der Waals surface area contributed by atoms with Gasteiger partial charge in [0.15, 0.2) is 11.5 Å².